The van der Waals surface area contributed by atoms with Crippen LogP contribution in [0, 0.1) is 6.92 Å². The number of fused-ring (bicyclic) bond motifs is 1. The van der Waals surface area contributed by atoms with Crippen molar-refractivity contribution >= 4 is 33.2 Å². The average molecular weight is 536 g/mol. The third kappa shape index (κ3) is 5.48. The number of hydrogen-bond donors (Lipinski definition) is 1. The van der Waals surface area contributed by atoms with Gasteiger partial charge in [0.25, 0.3) is 0 Å². The van der Waals surface area contributed by atoms with Gasteiger partial charge in [-0.3, -0.25) is 0 Å². The van der Waals surface area contributed by atoms with Gasteiger partial charge < -0.3 is 15.1 Å². The molecule has 6 rings (SSSR count). The molecule has 0 unspecified atom stereocenters. The molecule has 8 heteroatoms. The van der Waals surface area contributed by atoms with Crippen LogP contribution in [0.25, 0.3) is 32.5 Å². The maximum atomic E-state index is 4.82. The Morgan fingerprint density at radius 3 is 2.54 bits per heavy atom. The van der Waals surface area contributed by atoms with Gasteiger partial charge in [0.1, 0.15) is 17.5 Å². The van der Waals surface area contributed by atoms with E-state index in [1.807, 2.05) is 24.8 Å². The zero-order chi connectivity index (χ0) is 26.8. The third-order valence-corrected chi connectivity index (χ3v) is 8.31. The number of piperazine rings is 1. The van der Waals surface area contributed by atoms with Crippen LogP contribution in [0.5, 0.6) is 0 Å². The number of rotatable bonds is 7. The van der Waals surface area contributed by atoms with E-state index in [-0.39, 0.29) is 6.04 Å². The minimum absolute atomic E-state index is 0.0484. The van der Waals surface area contributed by atoms with E-state index in [0.29, 0.717) is 0 Å². The Morgan fingerprint density at radius 2 is 1.74 bits per heavy atom. The van der Waals surface area contributed by atoms with Crippen LogP contribution in [0.15, 0.2) is 72.5 Å². The van der Waals surface area contributed by atoms with E-state index < -0.39 is 0 Å². The van der Waals surface area contributed by atoms with Crippen molar-refractivity contribution in [2.24, 2.45) is 0 Å². The van der Waals surface area contributed by atoms with E-state index in [1.54, 1.807) is 11.3 Å². The van der Waals surface area contributed by atoms with Gasteiger partial charge in [0.2, 0.25) is 0 Å². The molecule has 1 aliphatic rings. The van der Waals surface area contributed by atoms with Crippen LogP contribution in [-0.4, -0.2) is 57.6 Å². The molecule has 0 amide bonds. The third-order valence-electron chi connectivity index (χ3n) is 7.52. The highest BCUT2D eigenvalue weighted by atomic mass is 32.1. The van der Waals surface area contributed by atoms with Crippen LogP contribution in [0.2, 0.25) is 0 Å². The fourth-order valence-electron chi connectivity index (χ4n) is 5.13. The first-order valence-corrected chi connectivity index (χ1v) is 14.4. The van der Waals surface area contributed by atoms with E-state index in [1.165, 1.54) is 5.56 Å². The maximum Gasteiger partial charge on any atom is 0.138 e. The zero-order valence-corrected chi connectivity index (χ0v) is 23.4. The quantitative estimate of drug-likeness (QED) is 0.257. The summed E-state index contributed by atoms with van der Waals surface area (Å²) in [6.45, 7) is 11.7. The molecule has 0 saturated carbocycles. The second-order valence-electron chi connectivity index (χ2n) is 10.0. The molecule has 198 valence electrons. The van der Waals surface area contributed by atoms with Crippen LogP contribution in [-0.2, 0) is 0 Å². The van der Waals surface area contributed by atoms with E-state index in [4.69, 9.17) is 9.97 Å². The van der Waals surface area contributed by atoms with E-state index >= 15 is 0 Å². The molecule has 5 aromatic rings. The predicted octanol–water partition coefficient (Wildman–Crippen LogP) is 6.44. The van der Waals surface area contributed by atoms with Gasteiger partial charge in [-0.2, -0.15) is 0 Å². The smallest absolute Gasteiger partial charge is 0.138 e. The van der Waals surface area contributed by atoms with Crippen LogP contribution >= 0.6 is 11.3 Å². The lowest BCUT2D eigenvalue weighted by molar-refractivity contribution is 0.270. The molecule has 39 heavy (non-hydrogen) atoms. The van der Waals surface area contributed by atoms with Crippen molar-refractivity contribution in [3.8, 4) is 22.3 Å². The Bertz CT molecular complexity index is 1570. The summed E-state index contributed by atoms with van der Waals surface area (Å²) in [7, 11) is 0. The van der Waals surface area contributed by atoms with Crippen molar-refractivity contribution in [3.05, 3.63) is 83.9 Å². The SMILES string of the molecule is CCN1CCN(c2ccc(-c3cccc([C@H](C)Nc4nc(C)ncc4-c4ccc5ncsc5c4)c3)cn2)CC1. The molecule has 0 radical (unpaired) electrons. The number of hydrogen-bond acceptors (Lipinski definition) is 8. The summed E-state index contributed by atoms with van der Waals surface area (Å²) in [6, 6.07) is 19.4. The highest BCUT2D eigenvalue weighted by molar-refractivity contribution is 7.16. The van der Waals surface area contributed by atoms with Gasteiger partial charge in [-0.25, -0.2) is 19.9 Å². The topological polar surface area (TPSA) is 70.1 Å². The second-order valence-corrected chi connectivity index (χ2v) is 10.9. The Balaban J connectivity index is 1.21. The van der Waals surface area contributed by atoms with Gasteiger partial charge >= 0.3 is 0 Å². The lowest BCUT2D eigenvalue weighted by Gasteiger charge is -2.34. The van der Waals surface area contributed by atoms with Crippen molar-refractivity contribution in [3.63, 3.8) is 0 Å². The predicted molar refractivity (Wildman–Crippen MR) is 161 cm³/mol. The minimum Gasteiger partial charge on any atom is -0.363 e. The van der Waals surface area contributed by atoms with Crippen molar-refractivity contribution in [2.45, 2.75) is 26.8 Å². The number of anilines is 2. The number of benzene rings is 2. The van der Waals surface area contributed by atoms with Crippen molar-refractivity contribution < 1.29 is 0 Å². The number of nitrogens with zero attached hydrogens (tertiary/aromatic N) is 6. The molecule has 0 bridgehead atoms. The fraction of sp³-hybridized carbons (Fsp3) is 0.290. The lowest BCUT2D eigenvalue weighted by Crippen LogP contribution is -2.46. The first-order chi connectivity index (χ1) is 19.1. The highest BCUT2D eigenvalue weighted by Gasteiger charge is 2.17. The van der Waals surface area contributed by atoms with Crippen molar-refractivity contribution in [1.29, 1.82) is 0 Å². The Morgan fingerprint density at radius 1 is 0.897 bits per heavy atom. The van der Waals surface area contributed by atoms with E-state index in [0.717, 1.165) is 82.7 Å². The molecule has 4 heterocycles. The second kappa shape index (κ2) is 11.1. The average Bonchev–Trinajstić information content (AvgIpc) is 3.46. The normalized spacial score (nSPS) is 15.0. The van der Waals surface area contributed by atoms with Gasteiger partial charge in [-0.05, 0) is 67.4 Å². The summed E-state index contributed by atoms with van der Waals surface area (Å²) >= 11 is 1.64. The number of thiazole rings is 1. The van der Waals surface area contributed by atoms with Gasteiger partial charge in [-0.1, -0.05) is 31.2 Å². The molecule has 1 aliphatic heterocycles. The van der Waals surface area contributed by atoms with Crippen LogP contribution in [0.1, 0.15) is 31.3 Å². The molecule has 3 aromatic heterocycles. The summed E-state index contributed by atoms with van der Waals surface area (Å²) in [6.07, 6.45) is 3.91. The Kier molecular flexibility index (Phi) is 7.22. The standard InChI is InChI=1S/C31H33N7S/c1-4-37-12-14-38(15-13-37)30-11-9-26(18-33-30)24-7-5-6-23(16-24)21(2)35-31-27(19-32-22(3)36-31)25-8-10-28-29(17-25)39-20-34-28/h5-11,16-21H,4,12-15H2,1-3H3,(H,32,35,36)/t21-/m0/s1. The Hall–Kier alpha value is -3.88. The number of likely N-dealkylation sites (N-methyl/N-ethyl adjacent to an activating group) is 1. The van der Waals surface area contributed by atoms with E-state index in [9.17, 15) is 0 Å². The minimum atomic E-state index is 0.0484. The first kappa shape index (κ1) is 25.4. The summed E-state index contributed by atoms with van der Waals surface area (Å²) < 4.78 is 1.16. The Labute approximate surface area is 233 Å². The summed E-state index contributed by atoms with van der Waals surface area (Å²) in [4.78, 5) is 23.4. The summed E-state index contributed by atoms with van der Waals surface area (Å²) in [5.41, 5.74) is 8.42. The summed E-state index contributed by atoms with van der Waals surface area (Å²) in [5.74, 6) is 2.63. The van der Waals surface area contributed by atoms with Crippen molar-refractivity contribution in [2.75, 3.05) is 42.9 Å². The van der Waals surface area contributed by atoms with Gasteiger partial charge in [0, 0.05) is 55.7 Å². The van der Waals surface area contributed by atoms with Crippen LogP contribution < -0.4 is 10.2 Å². The van der Waals surface area contributed by atoms with Gasteiger partial charge in [-0.15, -0.1) is 11.3 Å². The molecular weight excluding hydrogens is 502 g/mol. The molecule has 1 atom stereocenters. The molecule has 1 saturated heterocycles. The maximum absolute atomic E-state index is 4.82. The number of pyridine rings is 1. The molecule has 0 spiro atoms. The number of aryl methyl sites for hydroxylation is 1. The monoisotopic (exact) mass is 535 g/mol. The number of aromatic nitrogens is 4. The van der Waals surface area contributed by atoms with Crippen LogP contribution in [0.3, 0.4) is 0 Å². The lowest BCUT2D eigenvalue weighted by atomic mass is 10.0. The van der Waals surface area contributed by atoms with Gasteiger partial charge in [0.05, 0.1) is 15.7 Å². The fourth-order valence-corrected chi connectivity index (χ4v) is 5.84. The first-order valence-electron chi connectivity index (χ1n) is 13.5. The molecule has 0 aliphatic carbocycles. The summed E-state index contributed by atoms with van der Waals surface area (Å²) in [5, 5.41) is 3.66. The molecule has 1 N–H and O–H groups in total. The molecule has 1 fully saturated rings. The van der Waals surface area contributed by atoms with Gasteiger partial charge in [0.15, 0.2) is 0 Å². The van der Waals surface area contributed by atoms with E-state index in [2.05, 4.69) is 93.5 Å². The molecular formula is C31H33N7S. The van der Waals surface area contributed by atoms with Crippen LogP contribution in [0.4, 0.5) is 11.6 Å². The highest BCUT2D eigenvalue weighted by Crippen LogP contribution is 2.32. The van der Waals surface area contributed by atoms with Crippen molar-refractivity contribution in [1.82, 2.24) is 24.8 Å². The molecule has 7 nitrogen and oxygen atoms in total. The largest absolute Gasteiger partial charge is 0.363 e. The zero-order valence-electron chi connectivity index (χ0n) is 22.6. The molecule has 2 aromatic carbocycles. The number of nitrogens with one attached hydrogen (secondary N) is 1.